The zero-order valence-corrected chi connectivity index (χ0v) is 12.3. The van der Waals surface area contributed by atoms with Crippen LogP contribution in [0.3, 0.4) is 0 Å². The van der Waals surface area contributed by atoms with Crippen molar-refractivity contribution in [1.82, 2.24) is 20.2 Å². The van der Waals surface area contributed by atoms with E-state index >= 15 is 0 Å². The summed E-state index contributed by atoms with van der Waals surface area (Å²) in [6.07, 6.45) is 1.43. The van der Waals surface area contributed by atoms with Crippen LogP contribution in [-0.4, -0.2) is 32.0 Å². The van der Waals surface area contributed by atoms with E-state index in [2.05, 4.69) is 27.5 Å². The van der Waals surface area contributed by atoms with Gasteiger partial charge < -0.3 is 0 Å². The van der Waals surface area contributed by atoms with Gasteiger partial charge in [-0.1, -0.05) is 30.3 Å². The molecular formula is C13H16Cl2N4. The Morgan fingerprint density at radius 3 is 2.32 bits per heavy atom. The van der Waals surface area contributed by atoms with Gasteiger partial charge in [0.1, 0.15) is 0 Å². The van der Waals surface area contributed by atoms with E-state index in [1.807, 2.05) is 18.2 Å². The third-order valence-electron chi connectivity index (χ3n) is 3.07. The lowest BCUT2D eigenvalue weighted by molar-refractivity contribution is 0.364. The molecule has 6 heteroatoms. The number of benzene rings is 1. The zero-order valence-electron chi connectivity index (χ0n) is 10.8. The smallest absolute Gasteiger partial charge is 0.167 e. The quantitative estimate of drug-likeness (QED) is 0.770. The molecule has 0 amide bonds. The standard InChI is InChI=1S/C13H16Cl2N4/c1-19-17-12(16-18-19)8-13(9-14,10-15)7-11-5-3-2-4-6-11/h2-6H,7-10H2,1H3. The first-order chi connectivity index (χ1) is 9.17. The van der Waals surface area contributed by atoms with Gasteiger partial charge in [-0.15, -0.1) is 33.4 Å². The first-order valence-electron chi connectivity index (χ1n) is 6.06. The van der Waals surface area contributed by atoms with Gasteiger partial charge in [-0.3, -0.25) is 0 Å². The molecule has 0 saturated heterocycles. The summed E-state index contributed by atoms with van der Waals surface area (Å²) < 4.78 is 0. The molecular weight excluding hydrogens is 283 g/mol. The van der Waals surface area contributed by atoms with Gasteiger partial charge in [0.05, 0.1) is 7.05 Å². The average molecular weight is 299 g/mol. The van der Waals surface area contributed by atoms with Crippen LogP contribution < -0.4 is 0 Å². The first kappa shape index (κ1) is 14.3. The molecule has 0 radical (unpaired) electrons. The lowest BCUT2D eigenvalue weighted by Crippen LogP contribution is -2.31. The molecule has 0 bridgehead atoms. The summed E-state index contributed by atoms with van der Waals surface area (Å²) in [5, 5.41) is 12.1. The van der Waals surface area contributed by atoms with Crippen LogP contribution in [0.25, 0.3) is 0 Å². The molecule has 102 valence electrons. The van der Waals surface area contributed by atoms with Crippen LogP contribution in [0.4, 0.5) is 0 Å². The minimum absolute atomic E-state index is 0.243. The number of aryl methyl sites for hydroxylation is 1. The maximum atomic E-state index is 6.16. The molecule has 0 atom stereocenters. The second-order valence-corrected chi connectivity index (χ2v) is 5.34. The van der Waals surface area contributed by atoms with Gasteiger partial charge in [0, 0.05) is 23.6 Å². The van der Waals surface area contributed by atoms with Gasteiger partial charge in [0.15, 0.2) is 5.82 Å². The Morgan fingerprint density at radius 1 is 1.11 bits per heavy atom. The van der Waals surface area contributed by atoms with Gasteiger partial charge in [0.2, 0.25) is 0 Å². The third-order valence-corrected chi connectivity index (χ3v) is 4.21. The van der Waals surface area contributed by atoms with Crippen LogP contribution in [0.5, 0.6) is 0 Å². The fraction of sp³-hybridized carbons (Fsp3) is 0.462. The molecule has 0 aliphatic rings. The van der Waals surface area contributed by atoms with E-state index in [1.54, 1.807) is 7.05 Å². The van der Waals surface area contributed by atoms with Gasteiger partial charge >= 0.3 is 0 Å². The van der Waals surface area contributed by atoms with Gasteiger partial charge in [-0.05, 0) is 17.2 Å². The number of nitrogens with zero attached hydrogens (tertiary/aromatic N) is 4. The van der Waals surface area contributed by atoms with Crippen molar-refractivity contribution in [3.8, 4) is 0 Å². The van der Waals surface area contributed by atoms with Crippen molar-refractivity contribution in [2.24, 2.45) is 12.5 Å². The Bertz CT molecular complexity index is 508. The molecule has 0 fully saturated rings. The summed E-state index contributed by atoms with van der Waals surface area (Å²) in [4.78, 5) is 1.45. The molecule has 1 aromatic heterocycles. The molecule has 4 nitrogen and oxygen atoms in total. The molecule has 0 saturated carbocycles. The van der Waals surface area contributed by atoms with Crippen LogP contribution in [0.1, 0.15) is 11.4 Å². The highest BCUT2D eigenvalue weighted by Gasteiger charge is 2.31. The summed E-state index contributed by atoms with van der Waals surface area (Å²) in [7, 11) is 1.75. The number of aromatic nitrogens is 4. The van der Waals surface area contributed by atoms with Crippen LogP contribution in [-0.2, 0) is 19.9 Å². The SMILES string of the molecule is Cn1nnc(CC(CCl)(CCl)Cc2ccccc2)n1. The monoisotopic (exact) mass is 298 g/mol. The molecule has 0 spiro atoms. The second-order valence-electron chi connectivity index (χ2n) is 4.80. The molecule has 2 rings (SSSR count). The molecule has 0 aliphatic heterocycles. The highest BCUT2D eigenvalue weighted by Crippen LogP contribution is 2.30. The van der Waals surface area contributed by atoms with E-state index in [1.165, 1.54) is 10.4 Å². The number of tetrazole rings is 1. The van der Waals surface area contributed by atoms with E-state index in [0.29, 0.717) is 24.0 Å². The number of hydrogen-bond acceptors (Lipinski definition) is 3. The minimum Gasteiger partial charge on any atom is -0.167 e. The summed E-state index contributed by atoms with van der Waals surface area (Å²) in [6.45, 7) is 0. The topological polar surface area (TPSA) is 43.6 Å². The van der Waals surface area contributed by atoms with Crippen molar-refractivity contribution >= 4 is 23.2 Å². The number of halogens is 2. The molecule has 2 aromatic rings. The first-order valence-corrected chi connectivity index (χ1v) is 7.13. The summed E-state index contributed by atoms with van der Waals surface area (Å²) in [6, 6.07) is 10.2. The largest absolute Gasteiger partial charge is 0.175 e. The summed E-state index contributed by atoms with van der Waals surface area (Å²) in [5.41, 5.74) is 0.973. The highest BCUT2D eigenvalue weighted by atomic mass is 35.5. The third kappa shape index (κ3) is 3.67. The minimum atomic E-state index is -0.243. The lowest BCUT2D eigenvalue weighted by atomic mass is 9.82. The maximum Gasteiger partial charge on any atom is 0.175 e. The fourth-order valence-corrected chi connectivity index (χ4v) is 2.71. The Labute approximate surface area is 122 Å². The Hall–Kier alpha value is -1.13. The second kappa shape index (κ2) is 6.35. The molecule has 0 aliphatic carbocycles. The highest BCUT2D eigenvalue weighted by molar-refractivity contribution is 6.21. The van der Waals surface area contributed by atoms with Crippen LogP contribution in [0.15, 0.2) is 30.3 Å². The van der Waals surface area contributed by atoms with Crippen LogP contribution in [0.2, 0.25) is 0 Å². The Balaban J connectivity index is 2.17. The van der Waals surface area contributed by atoms with Gasteiger partial charge in [0.25, 0.3) is 0 Å². The Kier molecular flexibility index (Phi) is 4.77. The normalized spacial score (nSPS) is 11.7. The van der Waals surface area contributed by atoms with E-state index in [9.17, 15) is 0 Å². The zero-order chi connectivity index (χ0) is 13.7. The molecule has 0 N–H and O–H groups in total. The molecule has 0 unspecified atom stereocenters. The van der Waals surface area contributed by atoms with Crippen molar-refractivity contribution in [2.75, 3.05) is 11.8 Å². The number of hydrogen-bond donors (Lipinski definition) is 0. The van der Waals surface area contributed by atoms with Gasteiger partial charge in [-0.25, -0.2) is 0 Å². The number of alkyl halides is 2. The van der Waals surface area contributed by atoms with E-state index in [4.69, 9.17) is 23.2 Å². The van der Waals surface area contributed by atoms with Crippen molar-refractivity contribution < 1.29 is 0 Å². The van der Waals surface area contributed by atoms with Crippen LogP contribution in [0, 0.1) is 5.41 Å². The van der Waals surface area contributed by atoms with Crippen molar-refractivity contribution in [3.05, 3.63) is 41.7 Å². The molecule has 1 heterocycles. The summed E-state index contributed by atoms with van der Waals surface area (Å²) >= 11 is 12.3. The van der Waals surface area contributed by atoms with E-state index < -0.39 is 0 Å². The molecule has 1 aromatic carbocycles. The van der Waals surface area contributed by atoms with Gasteiger partial charge in [-0.2, -0.15) is 4.80 Å². The average Bonchev–Trinajstić information content (AvgIpc) is 2.84. The number of rotatable bonds is 6. The fourth-order valence-electron chi connectivity index (χ4n) is 2.05. The maximum absolute atomic E-state index is 6.16. The van der Waals surface area contributed by atoms with Crippen molar-refractivity contribution in [3.63, 3.8) is 0 Å². The van der Waals surface area contributed by atoms with E-state index in [0.717, 1.165) is 6.42 Å². The lowest BCUT2D eigenvalue weighted by Gasteiger charge is -2.28. The molecule has 19 heavy (non-hydrogen) atoms. The Morgan fingerprint density at radius 2 is 1.79 bits per heavy atom. The predicted molar refractivity (Wildman–Crippen MR) is 76.5 cm³/mol. The van der Waals surface area contributed by atoms with Crippen LogP contribution >= 0.6 is 23.2 Å². The van der Waals surface area contributed by atoms with Crippen molar-refractivity contribution in [1.29, 1.82) is 0 Å². The predicted octanol–water partition coefficient (Wildman–Crippen LogP) is 2.46. The summed E-state index contributed by atoms with van der Waals surface area (Å²) in [5.74, 6) is 1.60. The van der Waals surface area contributed by atoms with E-state index in [-0.39, 0.29) is 5.41 Å². The van der Waals surface area contributed by atoms with Crippen molar-refractivity contribution in [2.45, 2.75) is 12.8 Å².